The lowest BCUT2D eigenvalue weighted by Crippen LogP contribution is -2.37. The predicted octanol–water partition coefficient (Wildman–Crippen LogP) is 4.33. The van der Waals surface area contributed by atoms with Crippen LogP contribution in [0.1, 0.15) is 30.0 Å². The Bertz CT molecular complexity index is 663. The van der Waals surface area contributed by atoms with Gasteiger partial charge in [0.15, 0.2) is 0 Å². The van der Waals surface area contributed by atoms with E-state index in [1.165, 1.54) is 17.0 Å². The standard InChI is InChI=1S/C13H11F5N2/c1-7-2-9(13(16,17)18)11-10(3-7)19-6-20(11)8-4-12(14,15)5-8/h2-3,6,8H,4-5H2,1H3. The van der Waals surface area contributed by atoms with Crippen LogP contribution in [0, 0.1) is 6.92 Å². The Kier molecular flexibility index (Phi) is 2.62. The number of hydrogen-bond donors (Lipinski definition) is 0. The Morgan fingerprint density at radius 2 is 1.90 bits per heavy atom. The quantitative estimate of drug-likeness (QED) is 0.715. The van der Waals surface area contributed by atoms with Gasteiger partial charge in [0.05, 0.1) is 22.9 Å². The van der Waals surface area contributed by atoms with E-state index < -0.39 is 36.5 Å². The Labute approximate surface area is 111 Å². The van der Waals surface area contributed by atoms with Crippen molar-refractivity contribution >= 4 is 11.0 Å². The molecule has 1 fully saturated rings. The van der Waals surface area contributed by atoms with Gasteiger partial charge in [0, 0.05) is 18.9 Å². The van der Waals surface area contributed by atoms with Crippen LogP contribution < -0.4 is 0 Å². The average molecular weight is 290 g/mol. The monoisotopic (exact) mass is 290 g/mol. The van der Waals surface area contributed by atoms with E-state index in [4.69, 9.17) is 0 Å². The summed E-state index contributed by atoms with van der Waals surface area (Å²) >= 11 is 0. The lowest BCUT2D eigenvalue weighted by Gasteiger charge is -2.36. The molecule has 1 aliphatic rings. The molecule has 1 aromatic heterocycles. The number of hydrogen-bond acceptors (Lipinski definition) is 1. The molecule has 0 spiro atoms. The number of aryl methyl sites for hydroxylation is 1. The molecule has 1 heterocycles. The molecule has 0 unspecified atom stereocenters. The number of rotatable bonds is 1. The highest BCUT2D eigenvalue weighted by molar-refractivity contribution is 5.81. The number of benzene rings is 1. The van der Waals surface area contributed by atoms with Gasteiger partial charge in [-0.05, 0) is 24.6 Å². The molecule has 0 radical (unpaired) electrons. The van der Waals surface area contributed by atoms with E-state index in [2.05, 4.69) is 4.98 Å². The number of alkyl halides is 5. The second-order valence-electron chi connectivity index (χ2n) is 5.25. The number of aromatic nitrogens is 2. The first-order valence-corrected chi connectivity index (χ1v) is 6.10. The third kappa shape index (κ3) is 2.05. The van der Waals surface area contributed by atoms with Crippen LogP contribution in [0.3, 0.4) is 0 Å². The van der Waals surface area contributed by atoms with Crippen molar-refractivity contribution in [2.75, 3.05) is 0 Å². The zero-order valence-electron chi connectivity index (χ0n) is 10.5. The Balaban J connectivity index is 2.16. The third-order valence-corrected chi connectivity index (χ3v) is 3.58. The Morgan fingerprint density at radius 1 is 1.25 bits per heavy atom. The highest BCUT2D eigenvalue weighted by atomic mass is 19.4. The summed E-state index contributed by atoms with van der Waals surface area (Å²) in [5, 5.41) is 0. The second-order valence-corrected chi connectivity index (χ2v) is 5.25. The molecule has 0 aliphatic heterocycles. The highest BCUT2D eigenvalue weighted by Gasteiger charge is 2.47. The summed E-state index contributed by atoms with van der Waals surface area (Å²) < 4.78 is 66.4. The fourth-order valence-corrected chi connectivity index (χ4v) is 2.63. The van der Waals surface area contributed by atoms with Gasteiger partial charge >= 0.3 is 6.18 Å². The van der Waals surface area contributed by atoms with E-state index >= 15 is 0 Å². The van der Waals surface area contributed by atoms with Crippen molar-refractivity contribution < 1.29 is 22.0 Å². The lowest BCUT2D eigenvalue weighted by atomic mass is 9.88. The minimum Gasteiger partial charge on any atom is -0.327 e. The van der Waals surface area contributed by atoms with Crippen LogP contribution in [-0.4, -0.2) is 15.5 Å². The minimum atomic E-state index is -4.53. The number of fused-ring (bicyclic) bond motifs is 1. The maximum absolute atomic E-state index is 13.1. The van der Waals surface area contributed by atoms with E-state index in [1.807, 2.05) is 0 Å². The minimum absolute atomic E-state index is 0.108. The Hall–Kier alpha value is -1.66. The summed E-state index contributed by atoms with van der Waals surface area (Å²) in [7, 11) is 0. The van der Waals surface area contributed by atoms with Crippen molar-refractivity contribution in [2.45, 2.75) is 37.9 Å². The summed E-state index contributed by atoms with van der Waals surface area (Å²) in [5.74, 6) is -2.79. The van der Waals surface area contributed by atoms with Gasteiger partial charge < -0.3 is 4.57 Å². The molecule has 1 aliphatic carbocycles. The van der Waals surface area contributed by atoms with Crippen LogP contribution in [-0.2, 0) is 6.18 Å². The summed E-state index contributed by atoms with van der Waals surface area (Å²) in [5.41, 5.74) is -0.301. The number of halogens is 5. The van der Waals surface area contributed by atoms with Crippen LogP contribution in [0.2, 0.25) is 0 Å². The maximum Gasteiger partial charge on any atom is 0.418 e. The summed E-state index contributed by atoms with van der Waals surface area (Å²) in [4.78, 5) is 3.92. The van der Waals surface area contributed by atoms with Gasteiger partial charge in [0.25, 0.3) is 5.92 Å². The molecular formula is C13H11F5N2. The molecule has 108 valence electrons. The second kappa shape index (κ2) is 3.93. The highest BCUT2D eigenvalue weighted by Crippen LogP contribution is 2.47. The molecule has 0 bridgehead atoms. The molecule has 20 heavy (non-hydrogen) atoms. The van der Waals surface area contributed by atoms with Gasteiger partial charge in [-0.25, -0.2) is 13.8 Å². The first kappa shape index (κ1) is 13.3. The van der Waals surface area contributed by atoms with Gasteiger partial charge in [-0.2, -0.15) is 13.2 Å². The van der Waals surface area contributed by atoms with Gasteiger partial charge in [0.1, 0.15) is 0 Å². The number of imidazole rings is 1. The van der Waals surface area contributed by atoms with Crippen LogP contribution in [0.15, 0.2) is 18.5 Å². The topological polar surface area (TPSA) is 17.8 Å². The summed E-state index contributed by atoms with van der Waals surface area (Å²) in [6.07, 6.45) is -4.19. The first-order chi connectivity index (χ1) is 9.17. The van der Waals surface area contributed by atoms with Crippen molar-refractivity contribution in [2.24, 2.45) is 0 Å². The largest absolute Gasteiger partial charge is 0.418 e. The third-order valence-electron chi connectivity index (χ3n) is 3.58. The fraction of sp³-hybridized carbons (Fsp3) is 0.462. The zero-order chi connectivity index (χ0) is 14.7. The molecule has 0 saturated heterocycles. The van der Waals surface area contributed by atoms with Gasteiger partial charge in [0.2, 0.25) is 0 Å². The summed E-state index contributed by atoms with van der Waals surface area (Å²) in [6, 6.07) is 1.92. The molecule has 1 saturated carbocycles. The maximum atomic E-state index is 13.1. The normalized spacial score (nSPS) is 19.3. The van der Waals surface area contributed by atoms with E-state index in [9.17, 15) is 22.0 Å². The summed E-state index contributed by atoms with van der Waals surface area (Å²) in [6.45, 7) is 1.55. The fourth-order valence-electron chi connectivity index (χ4n) is 2.63. The molecule has 2 nitrogen and oxygen atoms in total. The number of nitrogens with zero attached hydrogens (tertiary/aromatic N) is 2. The van der Waals surface area contributed by atoms with E-state index in [0.717, 1.165) is 6.07 Å². The first-order valence-electron chi connectivity index (χ1n) is 6.10. The molecule has 3 rings (SSSR count). The molecule has 1 aromatic carbocycles. The SMILES string of the molecule is Cc1cc(C(F)(F)F)c2c(c1)ncn2C1CC(F)(F)C1. The zero-order valence-corrected chi connectivity index (χ0v) is 10.5. The van der Waals surface area contributed by atoms with Gasteiger partial charge in [-0.1, -0.05) is 0 Å². The van der Waals surface area contributed by atoms with Gasteiger partial charge in [-0.15, -0.1) is 0 Å². The molecule has 2 aromatic rings. The van der Waals surface area contributed by atoms with E-state index in [0.29, 0.717) is 5.56 Å². The van der Waals surface area contributed by atoms with Crippen molar-refractivity contribution in [3.8, 4) is 0 Å². The van der Waals surface area contributed by atoms with Crippen molar-refractivity contribution in [3.05, 3.63) is 29.6 Å². The smallest absolute Gasteiger partial charge is 0.327 e. The predicted molar refractivity (Wildman–Crippen MR) is 62.7 cm³/mol. The van der Waals surface area contributed by atoms with Crippen molar-refractivity contribution in [1.82, 2.24) is 9.55 Å². The molecule has 0 N–H and O–H groups in total. The van der Waals surface area contributed by atoms with Gasteiger partial charge in [-0.3, -0.25) is 0 Å². The Morgan fingerprint density at radius 3 is 2.45 bits per heavy atom. The lowest BCUT2D eigenvalue weighted by molar-refractivity contribution is -0.136. The van der Waals surface area contributed by atoms with Crippen molar-refractivity contribution in [1.29, 1.82) is 0 Å². The van der Waals surface area contributed by atoms with Crippen LogP contribution in [0.4, 0.5) is 22.0 Å². The van der Waals surface area contributed by atoms with E-state index in [-0.39, 0.29) is 11.0 Å². The van der Waals surface area contributed by atoms with Crippen LogP contribution >= 0.6 is 0 Å². The van der Waals surface area contributed by atoms with Crippen LogP contribution in [0.25, 0.3) is 11.0 Å². The average Bonchev–Trinajstić information content (AvgIpc) is 2.66. The molecular weight excluding hydrogens is 279 g/mol. The van der Waals surface area contributed by atoms with Crippen LogP contribution in [0.5, 0.6) is 0 Å². The molecule has 0 amide bonds. The van der Waals surface area contributed by atoms with E-state index in [1.54, 1.807) is 6.92 Å². The molecule has 0 atom stereocenters. The van der Waals surface area contributed by atoms with Crippen molar-refractivity contribution in [3.63, 3.8) is 0 Å². The molecule has 7 heteroatoms.